The maximum atomic E-state index is 4.20. The summed E-state index contributed by atoms with van der Waals surface area (Å²) in [6.45, 7) is 5.30. The zero-order chi connectivity index (χ0) is 14.5. The molecule has 3 rings (SSSR count). The topological polar surface area (TPSA) is 55.6 Å². The number of nitrogens with one attached hydrogen (secondary N) is 1. The van der Waals surface area contributed by atoms with Crippen molar-refractivity contribution in [3.05, 3.63) is 41.2 Å². The van der Waals surface area contributed by atoms with Gasteiger partial charge in [-0.2, -0.15) is 0 Å². The summed E-state index contributed by atoms with van der Waals surface area (Å²) in [7, 11) is 0. The first kappa shape index (κ1) is 14.2. The number of aryl methyl sites for hydroxylation is 3. The van der Waals surface area contributed by atoms with E-state index in [4.69, 9.17) is 0 Å². The lowest BCUT2D eigenvalue weighted by Gasteiger charge is -2.22. The summed E-state index contributed by atoms with van der Waals surface area (Å²) in [5.41, 5.74) is 2.64. The van der Waals surface area contributed by atoms with E-state index in [1.807, 2.05) is 4.68 Å². The van der Waals surface area contributed by atoms with Crippen LogP contribution in [-0.4, -0.2) is 33.3 Å². The van der Waals surface area contributed by atoms with E-state index in [0.717, 1.165) is 38.3 Å². The molecule has 2 heterocycles. The third-order valence-electron chi connectivity index (χ3n) is 4.25. The Labute approximate surface area is 125 Å². The molecular formula is C16H23N5. The monoisotopic (exact) mass is 285 g/mol. The zero-order valence-corrected chi connectivity index (χ0v) is 12.6. The molecule has 1 aliphatic rings. The van der Waals surface area contributed by atoms with E-state index in [1.54, 1.807) is 0 Å². The molecule has 2 aromatic rings. The van der Waals surface area contributed by atoms with E-state index in [0.29, 0.717) is 5.92 Å². The molecule has 1 fully saturated rings. The lowest BCUT2D eigenvalue weighted by atomic mass is 9.98. The summed E-state index contributed by atoms with van der Waals surface area (Å²) >= 11 is 0. The Hall–Kier alpha value is -1.75. The van der Waals surface area contributed by atoms with Crippen LogP contribution < -0.4 is 5.32 Å². The number of benzene rings is 1. The van der Waals surface area contributed by atoms with Gasteiger partial charge < -0.3 is 5.32 Å². The minimum Gasteiger partial charge on any atom is -0.317 e. The molecular weight excluding hydrogens is 262 g/mol. The molecule has 1 aromatic heterocycles. The van der Waals surface area contributed by atoms with E-state index in [2.05, 4.69) is 52.0 Å². The van der Waals surface area contributed by atoms with Gasteiger partial charge in [-0.25, -0.2) is 4.68 Å². The highest BCUT2D eigenvalue weighted by atomic mass is 15.5. The second kappa shape index (κ2) is 6.80. The van der Waals surface area contributed by atoms with Crippen molar-refractivity contribution in [2.45, 2.75) is 39.2 Å². The molecule has 0 radical (unpaired) electrons. The molecule has 0 unspecified atom stereocenters. The molecule has 5 heteroatoms. The Kier molecular flexibility index (Phi) is 4.60. The van der Waals surface area contributed by atoms with Crippen molar-refractivity contribution in [1.29, 1.82) is 0 Å². The van der Waals surface area contributed by atoms with E-state index >= 15 is 0 Å². The van der Waals surface area contributed by atoms with Crippen LogP contribution in [0.25, 0.3) is 0 Å². The highest BCUT2D eigenvalue weighted by Gasteiger charge is 2.16. The van der Waals surface area contributed by atoms with E-state index in [9.17, 15) is 0 Å². The molecule has 0 amide bonds. The largest absolute Gasteiger partial charge is 0.317 e. The molecule has 1 aromatic carbocycles. The first-order valence-electron chi connectivity index (χ1n) is 7.82. The van der Waals surface area contributed by atoms with Crippen LogP contribution in [0.5, 0.6) is 0 Å². The number of hydrogen-bond donors (Lipinski definition) is 1. The third kappa shape index (κ3) is 3.88. The lowest BCUT2D eigenvalue weighted by molar-refractivity contribution is 0.314. The predicted molar refractivity (Wildman–Crippen MR) is 82.0 cm³/mol. The fourth-order valence-electron chi connectivity index (χ4n) is 2.86. The smallest absolute Gasteiger partial charge is 0.151 e. The van der Waals surface area contributed by atoms with Crippen molar-refractivity contribution in [1.82, 2.24) is 25.5 Å². The third-order valence-corrected chi connectivity index (χ3v) is 4.25. The second-order valence-corrected chi connectivity index (χ2v) is 5.96. The Morgan fingerprint density at radius 3 is 2.67 bits per heavy atom. The summed E-state index contributed by atoms with van der Waals surface area (Å²) in [6, 6.07) is 8.70. The number of tetrazole rings is 1. The van der Waals surface area contributed by atoms with Crippen LogP contribution >= 0.6 is 0 Å². The molecule has 0 atom stereocenters. The quantitative estimate of drug-likeness (QED) is 0.909. The number of piperidine rings is 1. The van der Waals surface area contributed by atoms with Crippen molar-refractivity contribution < 1.29 is 0 Å². The van der Waals surface area contributed by atoms with E-state index in [-0.39, 0.29) is 0 Å². The molecule has 0 spiro atoms. The minimum atomic E-state index is 0.702. The normalized spacial score (nSPS) is 16.2. The van der Waals surface area contributed by atoms with Crippen LogP contribution in [0.15, 0.2) is 24.3 Å². The average Bonchev–Trinajstić information content (AvgIpc) is 2.95. The number of aromatic nitrogens is 4. The van der Waals surface area contributed by atoms with Crippen molar-refractivity contribution >= 4 is 0 Å². The number of hydrogen-bond acceptors (Lipinski definition) is 4. The number of nitrogens with zero attached hydrogens (tertiary/aromatic N) is 4. The first-order valence-corrected chi connectivity index (χ1v) is 7.82. The van der Waals surface area contributed by atoms with Crippen molar-refractivity contribution in [2.24, 2.45) is 5.92 Å². The van der Waals surface area contributed by atoms with E-state index < -0.39 is 0 Å². The van der Waals surface area contributed by atoms with Crippen LogP contribution in [0.3, 0.4) is 0 Å². The molecule has 5 nitrogen and oxygen atoms in total. The second-order valence-electron chi connectivity index (χ2n) is 5.96. The molecule has 1 N–H and O–H groups in total. The summed E-state index contributed by atoms with van der Waals surface area (Å²) in [5.74, 6) is 1.71. The van der Waals surface area contributed by atoms with Gasteiger partial charge in [-0.3, -0.25) is 0 Å². The molecule has 112 valence electrons. The van der Waals surface area contributed by atoms with Crippen LogP contribution in [0.2, 0.25) is 0 Å². The Bertz CT molecular complexity index is 554. The van der Waals surface area contributed by atoms with Crippen LogP contribution in [-0.2, 0) is 19.4 Å². The van der Waals surface area contributed by atoms with Crippen LogP contribution in [0, 0.1) is 12.8 Å². The van der Waals surface area contributed by atoms with Gasteiger partial charge in [0, 0.05) is 13.0 Å². The van der Waals surface area contributed by atoms with Crippen molar-refractivity contribution in [3.63, 3.8) is 0 Å². The molecule has 0 bridgehead atoms. The van der Waals surface area contributed by atoms with Crippen LogP contribution in [0.4, 0.5) is 0 Å². The molecule has 0 aliphatic carbocycles. The van der Waals surface area contributed by atoms with Crippen LogP contribution in [0.1, 0.15) is 29.8 Å². The van der Waals surface area contributed by atoms with Crippen molar-refractivity contribution in [2.75, 3.05) is 13.1 Å². The van der Waals surface area contributed by atoms with Gasteiger partial charge >= 0.3 is 0 Å². The highest BCUT2D eigenvalue weighted by molar-refractivity contribution is 5.21. The molecule has 1 aliphatic heterocycles. The molecule has 21 heavy (non-hydrogen) atoms. The summed E-state index contributed by atoms with van der Waals surface area (Å²) < 4.78 is 2.00. The fourth-order valence-corrected chi connectivity index (χ4v) is 2.86. The predicted octanol–water partition coefficient (Wildman–Crippen LogP) is 1.77. The average molecular weight is 285 g/mol. The SMILES string of the molecule is Cc1ccc(CCc2nnnn2CC2CCNCC2)cc1. The Morgan fingerprint density at radius 2 is 1.90 bits per heavy atom. The standard InChI is InChI=1S/C16H23N5/c1-13-2-4-14(5-3-13)6-7-16-18-19-20-21(16)12-15-8-10-17-11-9-15/h2-5,15,17H,6-12H2,1H3. The Balaban J connectivity index is 1.58. The van der Waals surface area contributed by atoms with Gasteiger partial charge in [0.25, 0.3) is 0 Å². The van der Waals surface area contributed by atoms with Crippen molar-refractivity contribution in [3.8, 4) is 0 Å². The zero-order valence-electron chi connectivity index (χ0n) is 12.6. The fraction of sp³-hybridized carbons (Fsp3) is 0.562. The van der Waals surface area contributed by atoms with E-state index in [1.165, 1.54) is 24.0 Å². The summed E-state index contributed by atoms with van der Waals surface area (Å²) in [6.07, 6.45) is 4.34. The maximum Gasteiger partial charge on any atom is 0.151 e. The lowest BCUT2D eigenvalue weighted by Crippen LogP contribution is -2.30. The minimum absolute atomic E-state index is 0.702. The van der Waals surface area contributed by atoms with Gasteiger partial charge in [-0.1, -0.05) is 29.8 Å². The molecule has 0 saturated carbocycles. The maximum absolute atomic E-state index is 4.20. The summed E-state index contributed by atoms with van der Waals surface area (Å²) in [5, 5.41) is 15.6. The highest BCUT2D eigenvalue weighted by Crippen LogP contribution is 2.15. The van der Waals surface area contributed by atoms with Gasteiger partial charge in [-0.15, -0.1) is 5.10 Å². The molecule has 1 saturated heterocycles. The van der Waals surface area contributed by atoms with Gasteiger partial charge in [0.2, 0.25) is 0 Å². The van der Waals surface area contributed by atoms with Gasteiger partial charge in [-0.05, 0) is 61.2 Å². The summed E-state index contributed by atoms with van der Waals surface area (Å²) in [4.78, 5) is 0. The van der Waals surface area contributed by atoms with Gasteiger partial charge in [0.1, 0.15) is 0 Å². The van der Waals surface area contributed by atoms with Gasteiger partial charge in [0.15, 0.2) is 5.82 Å². The Morgan fingerprint density at radius 1 is 1.14 bits per heavy atom. The first-order chi connectivity index (χ1) is 10.3. The number of rotatable bonds is 5. The van der Waals surface area contributed by atoms with Gasteiger partial charge in [0.05, 0.1) is 0 Å².